The van der Waals surface area contributed by atoms with Crippen molar-refractivity contribution in [1.82, 2.24) is 20.1 Å². The van der Waals surface area contributed by atoms with Crippen LogP contribution in [0.2, 0.25) is 0 Å². The van der Waals surface area contributed by atoms with E-state index >= 15 is 0 Å². The van der Waals surface area contributed by atoms with Gasteiger partial charge in [-0.05, 0) is 32.9 Å². The molecule has 2 rings (SSSR count). The summed E-state index contributed by atoms with van der Waals surface area (Å²) in [6.07, 6.45) is 2.84. The molecule has 26 heavy (non-hydrogen) atoms. The van der Waals surface area contributed by atoms with Gasteiger partial charge in [-0.2, -0.15) is 0 Å². The van der Waals surface area contributed by atoms with Crippen LogP contribution in [0.4, 0.5) is 4.79 Å². The summed E-state index contributed by atoms with van der Waals surface area (Å²) in [5.74, 6) is -0.119. The van der Waals surface area contributed by atoms with Gasteiger partial charge in [-0.25, -0.2) is 4.79 Å². The van der Waals surface area contributed by atoms with Crippen molar-refractivity contribution in [2.24, 2.45) is 0 Å². The molecule has 1 aromatic rings. The Hall–Kier alpha value is -2.64. The zero-order chi connectivity index (χ0) is 19.2. The summed E-state index contributed by atoms with van der Waals surface area (Å²) in [5, 5.41) is 2.58. The fourth-order valence-corrected chi connectivity index (χ4v) is 2.57. The third-order valence-electron chi connectivity index (χ3n) is 3.84. The van der Waals surface area contributed by atoms with Gasteiger partial charge < -0.3 is 19.9 Å². The van der Waals surface area contributed by atoms with E-state index in [0.717, 1.165) is 0 Å². The Morgan fingerprint density at radius 1 is 1.15 bits per heavy atom. The Morgan fingerprint density at radius 3 is 2.38 bits per heavy atom. The standard InChI is InChI=1S/C18H26N4O4/c1-18(2,3)26-17(25)20-8-6-15(23)21-9-11-22(12-10-21)16(24)14-5-4-7-19-13-14/h4-5,7,13H,6,8-12H2,1-3H3,(H,20,25). The molecule has 1 aromatic heterocycles. The summed E-state index contributed by atoms with van der Waals surface area (Å²) in [6.45, 7) is 7.51. The van der Waals surface area contributed by atoms with Crippen LogP contribution in [0.3, 0.4) is 0 Å². The van der Waals surface area contributed by atoms with Gasteiger partial charge in [-0.3, -0.25) is 14.6 Å². The zero-order valence-electron chi connectivity index (χ0n) is 15.5. The molecule has 0 unspecified atom stereocenters. The molecule has 1 fully saturated rings. The van der Waals surface area contributed by atoms with Crippen molar-refractivity contribution in [3.05, 3.63) is 30.1 Å². The molecule has 0 aromatic carbocycles. The zero-order valence-corrected chi connectivity index (χ0v) is 15.5. The molecular formula is C18H26N4O4. The van der Waals surface area contributed by atoms with E-state index in [-0.39, 0.29) is 24.8 Å². The second-order valence-electron chi connectivity index (χ2n) is 7.09. The van der Waals surface area contributed by atoms with E-state index in [1.165, 1.54) is 0 Å². The van der Waals surface area contributed by atoms with Crippen molar-refractivity contribution < 1.29 is 19.1 Å². The first-order chi connectivity index (χ1) is 12.3. The first kappa shape index (κ1) is 19.7. The van der Waals surface area contributed by atoms with E-state index in [1.807, 2.05) is 0 Å². The number of piperazine rings is 1. The number of nitrogens with zero attached hydrogens (tertiary/aromatic N) is 3. The van der Waals surface area contributed by atoms with Crippen LogP contribution in [-0.4, -0.2) is 71.0 Å². The van der Waals surface area contributed by atoms with Crippen LogP contribution in [-0.2, 0) is 9.53 Å². The number of rotatable bonds is 4. The number of hydrogen-bond donors (Lipinski definition) is 1. The Kier molecular flexibility index (Phi) is 6.54. The monoisotopic (exact) mass is 362 g/mol. The lowest BCUT2D eigenvalue weighted by molar-refractivity contribution is -0.132. The molecule has 142 valence electrons. The summed E-state index contributed by atoms with van der Waals surface area (Å²) >= 11 is 0. The summed E-state index contributed by atoms with van der Waals surface area (Å²) in [7, 11) is 0. The number of ether oxygens (including phenoxy) is 1. The number of amides is 3. The highest BCUT2D eigenvalue weighted by Crippen LogP contribution is 2.09. The molecule has 1 aliphatic rings. The molecule has 8 heteroatoms. The van der Waals surface area contributed by atoms with Crippen LogP contribution < -0.4 is 5.32 Å². The van der Waals surface area contributed by atoms with Gasteiger partial charge in [0.15, 0.2) is 0 Å². The summed E-state index contributed by atoms with van der Waals surface area (Å²) in [6, 6.07) is 3.46. The van der Waals surface area contributed by atoms with Gasteiger partial charge in [0.2, 0.25) is 5.91 Å². The molecule has 0 spiro atoms. The number of nitrogens with one attached hydrogen (secondary N) is 1. The van der Waals surface area contributed by atoms with Crippen molar-refractivity contribution >= 4 is 17.9 Å². The van der Waals surface area contributed by atoms with Crippen LogP contribution in [0.25, 0.3) is 0 Å². The molecule has 0 saturated carbocycles. The normalized spacial score (nSPS) is 14.7. The molecule has 0 atom stereocenters. The minimum absolute atomic E-state index is 0.0467. The topological polar surface area (TPSA) is 91.8 Å². The average molecular weight is 362 g/mol. The number of pyridine rings is 1. The van der Waals surface area contributed by atoms with E-state index in [2.05, 4.69) is 10.3 Å². The summed E-state index contributed by atoms with van der Waals surface area (Å²) in [5.41, 5.74) is -0.0144. The average Bonchev–Trinajstić information content (AvgIpc) is 2.60. The number of carbonyl (C=O) groups excluding carboxylic acids is 3. The van der Waals surface area contributed by atoms with Crippen molar-refractivity contribution in [2.75, 3.05) is 32.7 Å². The van der Waals surface area contributed by atoms with Gasteiger partial charge in [-0.1, -0.05) is 0 Å². The minimum Gasteiger partial charge on any atom is -0.444 e. The van der Waals surface area contributed by atoms with E-state index in [4.69, 9.17) is 4.74 Å². The van der Waals surface area contributed by atoms with Gasteiger partial charge in [0.25, 0.3) is 5.91 Å². The fraction of sp³-hybridized carbons (Fsp3) is 0.556. The van der Waals surface area contributed by atoms with Gasteiger partial charge in [0, 0.05) is 51.5 Å². The molecule has 1 N–H and O–H groups in total. The third-order valence-corrected chi connectivity index (χ3v) is 3.84. The minimum atomic E-state index is -0.564. The summed E-state index contributed by atoms with van der Waals surface area (Å²) in [4.78, 5) is 43.5. The largest absolute Gasteiger partial charge is 0.444 e. The Balaban J connectivity index is 1.71. The van der Waals surface area contributed by atoms with Crippen molar-refractivity contribution in [3.8, 4) is 0 Å². The third kappa shape index (κ3) is 6.02. The fourth-order valence-electron chi connectivity index (χ4n) is 2.57. The van der Waals surface area contributed by atoms with Crippen molar-refractivity contribution in [3.63, 3.8) is 0 Å². The van der Waals surface area contributed by atoms with Crippen LogP contribution in [0.15, 0.2) is 24.5 Å². The first-order valence-electron chi connectivity index (χ1n) is 8.70. The molecule has 2 heterocycles. The summed E-state index contributed by atoms with van der Waals surface area (Å²) < 4.78 is 5.12. The highest BCUT2D eigenvalue weighted by molar-refractivity contribution is 5.94. The highest BCUT2D eigenvalue weighted by atomic mass is 16.6. The van der Waals surface area contributed by atoms with E-state index < -0.39 is 11.7 Å². The Labute approximate surface area is 153 Å². The van der Waals surface area contributed by atoms with Gasteiger partial charge >= 0.3 is 6.09 Å². The van der Waals surface area contributed by atoms with Crippen LogP contribution in [0, 0.1) is 0 Å². The second-order valence-corrected chi connectivity index (χ2v) is 7.09. The second kappa shape index (κ2) is 8.64. The Morgan fingerprint density at radius 2 is 1.81 bits per heavy atom. The predicted molar refractivity (Wildman–Crippen MR) is 95.6 cm³/mol. The Bertz CT molecular complexity index is 634. The number of hydrogen-bond acceptors (Lipinski definition) is 5. The molecule has 0 aliphatic carbocycles. The highest BCUT2D eigenvalue weighted by Gasteiger charge is 2.25. The molecule has 0 radical (unpaired) electrons. The molecule has 1 saturated heterocycles. The van der Waals surface area contributed by atoms with E-state index in [0.29, 0.717) is 31.7 Å². The molecular weight excluding hydrogens is 336 g/mol. The molecule has 1 aliphatic heterocycles. The maximum absolute atomic E-state index is 12.4. The lowest BCUT2D eigenvalue weighted by Crippen LogP contribution is -2.51. The predicted octanol–water partition coefficient (Wildman–Crippen LogP) is 1.28. The maximum Gasteiger partial charge on any atom is 0.407 e. The van der Waals surface area contributed by atoms with Gasteiger partial charge in [0.1, 0.15) is 5.60 Å². The smallest absolute Gasteiger partial charge is 0.407 e. The number of alkyl carbamates (subject to hydrolysis) is 1. The van der Waals surface area contributed by atoms with Crippen LogP contribution in [0.1, 0.15) is 37.6 Å². The molecule has 8 nitrogen and oxygen atoms in total. The SMILES string of the molecule is CC(C)(C)OC(=O)NCCC(=O)N1CCN(C(=O)c2cccnc2)CC1. The molecule has 0 bridgehead atoms. The van der Waals surface area contributed by atoms with E-state index in [1.54, 1.807) is 55.1 Å². The van der Waals surface area contributed by atoms with Crippen molar-refractivity contribution in [2.45, 2.75) is 32.8 Å². The van der Waals surface area contributed by atoms with Gasteiger partial charge in [0.05, 0.1) is 5.56 Å². The lowest BCUT2D eigenvalue weighted by atomic mass is 10.2. The number of aromatic nitrogens is 1. The van der Waals surface area contributed by atoms with Crippen LogP contribution in [0.5, 0.6) is 0 Å². The number of carbonyl (C=O) groups is 3. The van der Waals surface area contributed by atoms with E-state index in [9.17, 15) is 14.4 Å². The first-order valence-corrected chi connectivity index (χ1v) is 8.70. The maximum atomic E-state index is 12.4. The van der Waals surface area contributed by atoms with Gasteiger partial charge in [-0.15, -0.1) is 0 Å². The lowest BCUT2D eigenvalue weighted by Gasteiger charge is -2.34. The van der Waals surface area contributed by atoms with Crippen LogP contribution >= 0.6 is 0 Å². The molecule has 3 amide bonds. The quantitative estimate of drug-likeness (QED) is 0.871. The van der Waals surface area contributed by atoms with Crippen molar-refractivity contribution in [1.29, 1.82) is 0 Å².